The second-order valence-electron chi connectivity index (χ2n) is 1.90. The number of rotatable bonds is 0. The van der Waals surface area contributed by atoms with E-state index in [0.717, 1.165) is 25.9 Å². The predicted molar refractivity (Wildman–Crippen MR) is 28.3 cm³/mol. The van der Waals surface area contributed by atoms with Crippen LogP contribution in [0.4, 0.5) is 0 Å². The molecule has 1 aliphatic heterocycles. The fourth-order valence-corrected chi connectivity index (χ4v) is 0.737. The first-order chi connectivity index (χ1) is 3.39. The zero-order valence-corrected chi connectivity index (χ0v) is 6.14. The Morgan fingerprint density at radius 1 is 1.25 bits per heavy atom. The maximum Gasteiger partial charge on any atom is 0.0507 e. The van der Waals surface area contributed by atoms with Crippen LogP contribution in [0.3, 0.4) is 0 Å². The summed E-state index contributed by atoms with van der Waals surface area (Å²) in [7, 11) is 0. The van der Waals surface area contributed by atoms with Crippen molar-refractivity contribution in [2.24, 2.45) is 0 Å². The molecule has 0 aromatic rings. The zero-order chi connectivity index (χ0) is 5.11. The monoisotopic (exact) mass is 151 g/mol. The number of aliphatic hydroxyl groups is 1. The molecule has 0 unspecified atom stereocenters. The van der Waals surface area contributed by atoms with Gasteiger partial charge in [0.2, 0.25) is 0 Å². The van der Waals surface area contributed by atoms with E-state index in [9.17, 15) is 0 Å². The summed E-state index contributed by atoms with van der Waals surface area (Å²) in [5.74, 6) is 0. The van der Waals surface area contributed by atoms with E-state index >= 15 is 0 Å². The Labute approximate surface area is 61.5 Å². The normalized spacial score (nSPS) is 22.1. The second-order valence-corrected chi connectivity index (χ2v) is 1.90. The third-order valence-corrected chi connectivity index (χ3v) is 1.24. The molecule has 0 amide bonds. The minimum atomic E-state index is -0.0579. The maximum atomic E-state index is 8.85. The fraction of sp³-hybridized carbons (Fsp3) is 1.00. The summed E-state index contributed by atoms with van der Waals surface area (Å²) in [5.41, 5.74) is 0. The molecule has 1 aliphatic rings. The summed E-state index contributed by atoms with van der Waals surface area (Å²) in [6.45, 7) is 1.72. The SMILES string of the molecule is OC1CC[N-]CC1.[V]. The van der Waals surface area contributed by atoms with Gasteiger partial charge >= 0.3 is 0 Å². The Morgan fingerprint density at radius 3 is 2.00 bits per heavy atom. The second kappa shape index (κ2) is 4.39. The molecule has 1 rings (SSSR count). The number of piperidine rings is 1. The van der Waals surface area contributed by atoms with E-state index in [1.54, 1.807) is 0 Å². The van der Waals surface area contributed by atoms with Crippen molar-refractivity contribution in [3.8, 4) is 0 Å². The molecule has 0 aliphatic carbocycles. The van der Waals surface area contributed by atoms with Crippen LogP contribution in [-0.4, -0.2) is 24.3 Å². The van der Waals surface area contributed by atoms with Crippen LogP contribution in [-0.2, 0) is 18.6 Å². The smallest absolute Gasteiger partial charge is 0.0507 e. The van der Waals surface area contributed by atoms with Crippen LogP contribution < -0.4 is 0 Å². The number of hydrogen-bond donors (Lipinski definition) is 1. The van der Waals surface area contributed by atoms with Crippen molar-refractivity contribution in [2.45, 2.75) is 18.9 Å². The van der Waals surface area contributed by atoms with E-state index in [1.165, 1.54) is 0 Å². The minimum Gasteiger partial charge on any atom is -0.662 e. The average Bonchev–Trinajstić information content (AvgIpc) is 1.69. The maximum absolute atomic E-state index is 8.85. The van der Waals surface area contributed by atoms with Crippen molar-refractivity contribution in [3.63, 3.8) is 0 Å². The van der Waals surface area contributed by atoms with Crippen LogP contribution in [0.15, 0.2) is 0 Å². The molecule has 1 N–H and O–H groups in total. The standard InChI is InChI=1S/C5H10NO.V/c7-5-1-3-6-4-2-5;/h5,7H,1-4H2;/q-1;. The van der Waals surface area contributed by atoms with E-state index < -0.39 is 0 Å². The molecule has 0 aromatic carbocycles. The number of hydrogen-bond acceptors (Lipinski definition) is 1. The molecule has 1 radical (unpaired) electrons. The number of aliphatic hydroxyl groups excluding tert-OH is 1. The first kappa shape index (κ1) is 8.50. The van der Waals surface area contributed by atoms with Gasteiger partial charge in [0.1, 0.15) is 0 Å². The van der Waals surface area contributed by atoms with Gasteiger partial charge in [-0.15, -0.1) is 13.1 Å². The number of nitrogens with zero attached hydrogens (tertiary/aromatic N) is 1. The quantitative estimate of drug-likeness (QED) is 0.537. The van der Waals surface area contributed by atoms with Crippen LogP contribution in [0, 0.1) is 0 Å². The van der Waals surface area contributed by atoms with Crippen molar-refractivity contribution >= 4 is 0 Å². The molecule has 0 atom stereocenters. The van der Waals surface area contributed by atoms with E-state index in [2.05, 4.69) is 5.32 Å². The largest absolute Gasteiger partial charge is 0.662 e. The molecule has 47 valence electrons. The van der Waals surface area contributed by atoms with E-state index in [4.69, 9.17) is 5.11 Å². The Morgan fingerprint density at radius 2 is 1.75 bits per heavy atom. The molecule has 0 aromatic heterocycles. The summed E-state index contributed by atoms with van der Waals surface area (Å²) >= 11 is 0. The summed E-state index contributed by atoms with van der Waals surface area (Å²) in [4.78, 5) is 0. The van der Waals surface area contributed by atoms with Gasteiger partial charge in [0, 0.05) is 18.6 Å². The van der Waals surface area contributed by atoms with Crippen LogP contribution in [0.5, 0.6) is 0 Å². The van der Waals surface area contributed by atoms with Crippen LogP contribution >= 0.6 is 0 Å². The minimum absolute atomic E-state index is 0. The molecule has 2 nitrogen and oxygen atoms in total. The van der Waals surface area contributed by atoms with Crippen molar-refractivity contribution in [1.29, 1.82) is 0 Å². The summed E-state index contributed by atoms with van der Waals surface area (Å²) in [6.07, 6.45) is 1.69. The van der Waals surface area contributed by atoms with Crippen molar-refractivity contribution < 1.29 is 23.7 Å². The Hall–Kier alpha value is 0.504. The van der Waals surface area contributed by atoms with Crippen LogP contribution in [0.1, 0.15) is 12.8 Å². The van der Waals surface area contributed by atoms with Gasteiger partial charge in [-0.3, -0.25) is 0 Å². The third-order valence-electron chi connectivity index (χ3n) is 1.24. The molecule has 1 heterocycles. The van der Waals surface area contributed by atoms with Gasteiger partial charge in [-0.1, -0.05) is 0 Å². The van der Waals surface area contributed by atoms with Crippen LogP contribution in [0.2, 0.25) is 0 Å². The summed E-state index contributed by atoms with van der Waals surface area (Å²) < 4.78 is 0. The molecule has 1 saturated heterocycles. The van der Waals surface area contributed by atoms with Gasteiger partial charge < -0.3 is 10.4 Å². The Bertz CT molecular complexity index is 54.4. The van der Waals surface area contributed by atoms with Gasteiger partial charge in [-0.25, -0.2) is 0 Å². The zero-order valence-electron chi connectivity index (χ0n) is 4.75. The molecular weight excluding hydrogens is 141 g/mol. The van der Waals surface area contributed by atoms with Gasteiger partial charge in [-0.05, 0) is 12.8 Å². The molecular formula is C5H10NOV-. The van der Waals surface area contributed by atoms with Gasteiger partial charge in [0.05, 0.1) is 6.10 Å². The van der Waals surface area contributed by atoms with Crippen LogP contribution in [0.25, 0.3) is 5.32 Å². The molecule has 3 heteroatoms. The third kappa shape index (κ3) is 2.72. The molecule has 1 fully saturated rings. The Balaban J connectivity index is 0.000000490. The fourth-order valence-electron chi connectivity index (χ4n) is 0.737. The van der Waals surface area contributed by atoms with Crippen molar-refractivity contribution in [1.82, 2.24) is 0 Å². The summed E-state index contributed by atoms with van der Waals surface area (Å²) in [6, 6.07) is 0. The molecule has 8 heavy (non-hydrogen) atoms. The van der Waals surface area contributed by atoms with Gasteiger partial charge in [-0.2, -0.15) is 0 Å². The van der Waals surface area contributed by atoms with Crippen molar-refractivity contribution in [2.75, 3.05) is 13.1 Å². The Kier molecular flexibility index (Phi) is 4.67. The van der Waals surface area contributed by atoms with E-state index in [0.29, 0.717) is 0 Å². The summed E-state index contributed by atoms with van der Waals surface area (Å²) in [5, 5.41) is 12.9. The molecule has 0 bridgehead atoms. The first-order valence-corrected chi connectivity index (χ1v) is 2.71. The topological polar surface area (TPSA) is 34.3 Å². The first-order valence-electron chi connectivity index (χ1n) is 2.71. The van der Waals surface area contributed by atoms with Gasteiger partial charge in [0.25, 0.3) is 0 Å². The van der Waals surface area contributed by atoms with E-state index in [-0.39, 0.29) is 24.7 Å². The predicted octanol–water partition coefficient (Wildman–Crippen LogP) is 0.512. The average molecular weight is 151 g/mol. The van der Waals surface area contributed by atoms with Crippen molar-refractivity contribution in [3.05, 3.63) is 5.32 Å². The molecule has 0 saturated carbocycles. The molecule has 0 spiro atoms. The van der Waals surface area contributed by atoms with E-state index in [1.807, 2.05) is 0 Å². The van der Waals surface area contributed by atoms with Gasteiger partial charge in [0.15, 0.2) is 0 Å².